The van der Waals surface area contributed by atoms with E-state index in [1.54, 1.807) is 24.3 Å². The summed E-state index contributed by atoms with van der Waals surface area (Å²) in [7, 11) is -3.60. The standard InChI is InChI=1S/C13H21N3O2S/c1-10(16-9-12-3-2-8-15-12)11-4-6-13(7-5-11)19(14,17)18/h4-7,10,12,15-16H,2-3,8-9H2,1H3,(H2,14,17,18). The fraction of sp³-hybridized carbons (Fsp3) is 0.538. The van der Waals surface area contributed by atoms with Gasteiger partial charge in [-0.15, -0.1) is 0 Å². The topological polar surface area (TPSA) is 84.2 Å². The fourth-order valence-electron chi connectivity index (χ4n) is 2.31. The van der Waals surface area contributed by atoms with E-state index in [-0.39, 0.29) is 10.9 Å². The summed E-state index contributed by atoms with van der Waals surface area (Å²) in [5.41, 5.74) is 1.06. The van der Waals surface area contributed by atoms with Gasteiger partial charge in [0.25, 0.3) is 0 Å². The van der Waals surface area contributed by atoms with Crippen molar-refractivity contribution in [1.82, 2.24) is 10.6 Å². The minimum atomic E-state index is -3.60. The van der Waals surface area contributed by atoms with E-state index in [1.807, 2.05) is 0 Å². The summed E-state index contributed by atoms with van der Waals surface area (Å²) in [4.78, 5) is 0.154. The summed E-state index contributed by atoms with van der Waals surface area (Å²) in [6.07, 6.45) is 2.45. The minimum absolute atomic E-state index is 0.154. The molecule has 1 fully saturated rings. The highest BCUT2D eigenvalue weighted by Gasteiger charge is 2.15. The summed E-state index contributed by atoms with van der Waals surface area (Å²) in [6.45, 7) is 4.10. The molecule has 1 saturated heterocycles. The van der Waals surface area contributed by atoms with E-state index in [1.165, 1.54) is 12.8 Å². The zero-order valence-corrected chi connectivity index (χ0v) is 11.9. The Morgan fingerprint density at radius 2 is 2.11 bits per heavy atom. The molecule has 2 atom stereocenters. The third-order valence-electron chi connectivity index (χ3n) is 3.54. The van der Waals surface area contributed by atoms with Gasteiger partial charge < -0.3 is 10.6 Å². The van der Waals surface area contributed by atoms with Crippen LogP contribution in [0.3, 0.4) is 0 Å². The number of benzene rings is 1. The molecule has 0 bridgehead atoms. The monoisotopic (exact) mass is 283 g/mol. The third kappa shape index (κ3) is 4.01. The molecule has 19 heavy (non-hydrogen) atoms. The SMILES string of the molecule is CC(NCC1CCCN1)c1ccc(S(N)(=O)=O)cc1. The van der Waals surface area contributed by atoms with Gasteiger partial charge in [0.05, 0.1) is 4.90 Å². The van der Waals surface area contributed by atoms with E-state index in [9.17, 15) is 8.42 Å². The summed E-state index contributed by atoms with van der Waals surface area (Å²) in [6, 6.07) is 7.45. The Bertz CT molecular complexity index is 507. The summed E-state index contributed by atoms with van der Waals surface area (Å²) >= 11 is 0. The van der Waals surface area contributed by atoms with Gasteiger partial charge in [0.1, 0.15) is 0 Å². The molecule has 0 radical (unpaired) electrons. The number of primary sulfonamides is 1. The maximum Gasteiger partial charge on any atom is 0.238 e. The predicted molar refractivity (Wildman–Crippen MR) is 75.3 cm³/mol. The van der Waals surface area contributed by atoms with Crippen LogP contribution in [-0.4, -0.2) is 27.5 Å². The molecule has 1 aliphatic rings. The Morgan fingerprint density at radius 1 is 1.42 bits per heavy atom. The van der Waals surface area contributed by atoms with Crippen molar-refractivity contribution in [2.45, 2.75) is 36.7 Å². The van der Waals surface area contributed by atoms with E-state index in [0.717, 1.165) is 18.7 Å². The quantitative estimate of drug-likeness (QED) is 0.744. The number of hydrogen-bond acceptors (Lipinski definition) is 4. The van der Waals surface area contributed by atoms with Crippen LogP contribution in [0.25, 0.3) is 0 Å². The molecule has 1 aromatic carbocycles. The molecule has 6 heteroatoms. The van der Waals surface area contributed by atoms with Crippen LogP contribution in [0.1, 0.15) is 31.4 Å². The number of nitrogens with one attached hydrogen (secondary N) is 2. The molecule has 1 heterocycles. The first kappa shape index (κ1) is 14.5. The minimum Gasteiger partial charge on any atom is -0.313 e. The molecular formula is C13H21N3O2S. The van der Waals surface area contributed by atoms with E-state index in [2.05, 4.69) is 17.6 Å². The Hall–Kier alpha value is -0.950. The first-order valence-electron chi connectivity index (χ1n) is 6.56. The molecule has 4 N–H and O–H groups in total. The van der Waals surface area contributed by atoms with Crippen molar-refractivity contribution in [1.29, 1.82) is 0 Å². The van der Waals surface area contributed by atoms with Crippen molar-refractivity contribution in [3.05, 3.63) is 29.8 Å². The summed E-state index contributed by atoms with van der Waals surface area (Å²) < 4.78 is 22.3. The van der Waals surface area contributed by atoms with Gasteiger partial charge in [0.2, 0.25) is 10.0 Å². The lowest BCUT2D eigenvalue weighted by molar-refractivity contribution is 0.489. The van der Waals surface area contributed by atoms with Gasteiger partial charge >= 0.3 is 0 Å². The Morgan fingerprint density at radius 3 is 2.63 bits per heavy atom. The first-order valence-corrected chi connectivity index (χ1v) is 8.11. The van der Waals surface area contributed by atoms with Gasteiger partial charge in [0.15, 0.2) is 0 Å². The maximum atomic E-state index is 11.2. The van der Waals surface area contributed by atoms with Crippen LogP contribution in [0.2, 0.25) is 0 Å². The molecule has 2 unspecified atom stereocenters. The van der Waals surface area contributed by atoms with E-state index >= 15 is 0 Å². The van der Waals surface area contributed by atoms with Crippen LogP contribution in [0, 0.1) is 0 Å². The smallest absolute Gasteiger partial charge is 0.238 e. The second-order valence-electron chi connectivity index (χ2n) is 5.04. The van der Waals surface area contributed by atoms with Crippen LogP contribution in [0.4, 0.5) is 0 Å². The highest BCUT2D eigenvalue weighted by molar-refractivity contribution is 7.89. The number of rotatable bonds is 5. The summed E-state index contributed by atoms with van der Waals surface area (Å²) in [5, 5.41) is 12.0. The van der Waals surface area contributed by atoms with E-state index < -0.39 is 10.0 Å². The molecular weight excluding hydrogens is 262 g/mol. The second kappa shape index (κ2) is 6.00. The van der Waals surface area contributed by atoms with E-state index in [0.29, 0.717) is 6.04 Å². The Labute approximate surface area is 114 Å². The average Bonchev–Trinajstić information content (AvgIpc) is 2.88. The van der Waals surface area contributed by atoms with Gasteiger partial charge in [-0.25, -0.2) is 13.6 Å². The van der Waals surface area contributed by atoms with Crippen LogP contribution < -0.4 is 15.8 Å². The lowest BCUT2D eigenvalue weighted by atomic mass is 10.1. The van der Waals surface area contributed by atoms with Gasteiger partial charge in [-0.05, 0) is 44.0 Å². The van der Waals surface area contributed by atoms with Crippen molar-refractivity contribution < 1.29 is 8.42 Å². The van der Waals surface area contributed by atoms with Crippen molar-refractivity contribution in [3.8, 4) is 0 Å². The molecule has 0 amide bonds. The van der Waals surface area contributed by atoms with Crippen LogP contribution in [0.15, 0.2) is 29.2 Å². The number of nitrogens with two attached hydrogens (primary N) is 1. The Kier molecular flexibility index (Phi) is 4.57. The van der Waals surface area contributed by atoms with Crippen LogP contribution >= 0.6 is 0 Å². The third-order valence-corrected chi connectivity index (χ3v) is 4.47. The van der Waals surface area contributed by atoms with Crippen molar-refractivity contribution >= 4 is 10.0 Å². The highest BCUT2D eigenvalue weighted by atomic mass is 32.2. The predicted octanol–water partition coefficient (Wildman–Crippen LogP) is 0.737. The summed E-state index contributed by atoms with van der Waals surface area (Å²) in [5.74, 6) is 0. The van der Waals surface area contributed by atoms with Crippen molar-refractivity contribution in [2.75, 3.05) is 13.1 Å². The van der Waals surface area contributed by atoms with Gasteiger partial charge in [-0.1, -0.05) is 12.1 Å². The molecule has 1 aliphatic heterocycles. The molecule has 106 valence electrons. The first-order chi connectivity index (χ1) is 8.97. The largest absolute Gasteiger partial charge is 0.313 e. The van der Waals surface area contributed by atoms with Gasteiger partial charge in [-0.2, -0.15) is 0 Å². The van der Waals surface area contributed by atoms with E-state index in [4.69, 9.17) is 5.14 Å². The second-order valence-corrected chi connectivity index (χ2v) is 6.60. The molecule has 0 spiro atoms. The van der Waals surface area contributed by atoms with Crippen molar-refractivity contribution in [3.63, 3.8) is 0 Å². The van der Waals surface area contributed by atoms with Gasteiger partial charge in [-0.3, -0.25) is 0 Å². The molecule has 5 nitrogen and oxygen atoms in total. The zero-order valence-electron chi connectivity index (χ0n) is 11.1. The van der Waals surface area contributed by atoms with Crippen LogP contribution in [0.5, 0.6) is 0 Å². The average molecular weight is 283 g/mol. The molecule has 0 saturated carbocycles. The molecule has 0 aromatic heterocycles. The highest BCUT2D eigenvalue weighted by Crippen LogP contribution is 2.16. The molecule has 1 aromatic rings. The van der Waals surface area contributed by atoms with Crippen LogP contribution in [-0.2, 0) is 10.0 Å². The molecule has 2 rings (SSSR count). The number of sulfonamides is 1. The maximum absolute atomic E-state index is 11.2. The lowest BCUT2D eigenvalue weighted by Crippen LogP contribution is -2.35. The molecule has 0 aliphatic carbocycles. The lowest BCUT2D eigenvalue weighted by Gasteiger charge is -2.18. The zero-order chi connectivity index (χ0) is 13.9. The normalized spacial score (nSPS) is 21.5. The number of hydrogen-bond donors (Lipinski definition) is 3. The van der Waals surface area contributed by atoms with Crippen molar-refractivity contribution in [2.24, 2.45) is 5.14 Å². The Balaban J connectivity index is 1.93. The van der Waals surface area contributed by atoms with Gasteiger partial charge in [0, 0.05) is 18.6 Å². The fourth-order valence-corrected chi connectivity index (χ4v) is 2.83.